The van der Waals surface area contributed by atoms with Crippen molar-refractivity contribution in [2.24, 2.45) is 0 Å². The summed E-state index contributed by atoms with van der Waals surface area (Å²) in [4.78, 5) is 38.4. The monoisotopic (exact) mass is 331 g/mol. The lowest BCUT2D eigenvalue weighted by Gasteiger charge is -2.24. The number of carbonyl (C=O) groups is 3. The van der Waals surface area contributed by atoms with Crippen LogP contribution in [0.5, 0.6) is 0 Å². The van der Waals surface area contributed by atoms with Gasteiger partial charge in [0.15, 0.2) is 5.78 Å². The summed E-state index contributed by atoms with van der Waals surface area (Å²) in [7, 11) is 0. The van der Waals surface area contributed by atoms with Crippen LogP contribution in [0.15, 0.2) is 60.7 Å². The molecule has 0 saturated carbocycles. The van der Waals surface area contributed by atoms with Crippen LogP contribution in [0.25, 0.3) is 0 Å². The summed E-state index contributed by atoms with van der Waals surface area (Å²) >= 11 is 0. The first-order valence-electron chi connectivity index (χ1n) is 8.39. The smallest absolute Gasteiger partial charge is 0.254 e. The maximum Gasteiger partial charge on any atom is 0.254 e. The average molecular weight is 331 g/mol. The molecule has 0 N–H and O–H groups in total. The van der Waals surface area contributed by atoms with Crippen LogP contribution >= 0.6 is 0 Å². The third-order valence-corrected chi connectivity index (χ3v) is 4.88. The van der Waals surface area contributed by atoms with Gasteiger partial charge < -0.3 is 0 Å². The van der Waals surface area contributed by atoms with Crippen molar-refractivity contribution in [3.63, 3.8) is 0 Å². The molecule has 0 fully saturated rings. The number of imide groups is 1. The van der Waals surface area contributed by atoms with Crippen LogP contribution in [0, 0.1) is 0 Å². The highest BCUT2D eigenvalue weighted by Gasteiger charge is 2.38. The van der Waals surface area contributed by atoms with Gasteiger partial charge in [-0.1, -0.05) is 48.5 Å². The molecule has 0 radical (unpaired) electrons. The number of fused-ring (bicyclic) bond motifs is 1. The Morgan fingerprint density at radius 3 is 2.40 bits per heavy atom. The Morgan fingerprint density at radius 2 is 1.68 bits per heavy atom. The minimum atomic E-state index is -0.346. The Morgan fingerprint density at radius 1 is 0.960 bits per heavy atom. The second-order valence-electron chi connectivity index (χ2n) is 6.40. The van der Waals surface area contributed by atoms with E-state index < -0.39 is 0 Å². The van der Waals surface area contributed by atoms with Crippen LogP contribution in [-0.4, -0.2) is 22.5 Å². The summed E-state index contributed by atoms with van der Waals surface area (Å²) in [5, 5.41) is 0. The van der Waals surface area contributed by atoms with Gasteiger partial charge in [0.1, 0.15) is 0 Å². The molecule has 4 nitrogen and oxygen atoms in total. The van der Waals surface area contributed by atoms with Crippen molar-refractivity contribution < 1.29 is 14.4 Å². The zero-order valence-electron chi connectivity index (χ0n) is 13.6. The van der Waals surface area contributed by atoms with Gasteiger partial charge in [-0.3, -0.25) is 19.3 Å². The zero-order chi connectivity index (χ0) is 17.4. The first-order valence-corrected chi connectivity index (χ1v) is 8.39. The van der Waals surface area contributed by atoms with Gasteiger partial charge in [0.25, 0.3) is 11.8 Å². The van der Waals surface area contributed by atoms with Gasteiger partial charge in [0.2, 0.25) is 0 Å². The molecule has 4 heteroatoms. The number of ketones is 1. The van der Waals surface area contributed by atoms with E-state index in [4.69, 9.17) is 0 Å². The summed E-state index contributed by atoms with van der Waals surface area (Å²) in [5.41, 5.74) is 3.47. The third-order valence-electron chi connectivity index (χ3n) is 4.88. The molecule has 0 aromatic heterocycles. The van der Waals surface area contributed by atoms with Crippen LogP contribution < -0.4 is 0 Å². The molecule has 1 atom stereocenters. The van der Waals surface area contributed by atoms with Gasteiger partial charge in [-0.05, 0) is 29.5 Å². The first kappa shape index (κ1) is 15.5. The lowest BCUT2D eigenvalue weighted by atomic mass is 9.94. The number of Topliss-reactive ketones (excluding diaryl/α,β-unsaturated/α-hetero) is 1. The number of aryl methyl sites for hydroxylation is 1. The highest BCUT2D eigenvalue weighted by molar-refractivity contribution is 6.13. The Balaban J connectivity index is 1.69. The van der Waals surface area contributed by atoms with E-state index in [1.165, 1.54) is 17.1 Å². The van der Waals surface area contributed by atoms with Gasteiger partial charge >= 0.3 is 0 Å². The number of hydrogen-bond acceptors (Lipinski definition) is 3. The molecule has 2 aliphatic rings. The maximum atomic E-state index is 12.9. The molecule has 0 spiro atoms. The molecule has 0 unspecified atom stereocenters. The molecule has 0 saturated heterocycles. The number of nitrogens with zero attached hydrogens (tertiary/aromatic N) is 1. The molecule has 4 rings (SSSR count). The fourth-order valence-electron chi connectivity index (χ4n) is 3.76. The Hall–Kier alpha value is -3.01. The fraction of sp³-hybridized carbons (Fsp3) is 0.190. The van der Waals surface area contributed by atoms with Crippen LogP contribution in [0.4, 0.5) is 0 Å². The second kappa shape index (κ2) is 6.13. The predicted molar refractivity (Wildman–Crippen MR) is 93.0 cm³/mol. The van der Waals surface area contributed by atoms with E-state index >= 15 is 0 Å². The molecule has 1 aliphatic carbocycles. The van der Waals surface area contributed by atoms with Crippen molar-refractivity contribution in [1.29, 1.82) is 0 Å². The van der Waals surface area contributed by atoms with Gasteiger partial charge in [-0.25, -0.2) is 0 Å². The number of amides is 2. The van der Waals surface area contributed by atoms with E-state index in [-0.39, 0.29) is 23.6 Å². The normalized spacial score (nSPS) is 18.7. The lowest BCUT2D eigenvalue weighted by Crippen LogP contribution is -2.34. The van der Waals surface area contributed by atoms with Gasteiger partial charge in [-0.2, -0.15) is 0 Å². The summed E-state index contributed by atoms with van der Waals surface area (Å²) in [6.07, 6.45) is 4.35. The van der Waals surface area contributed by atoms with Crippen molar-refractivity contribution in [2.45, 2.75) is 25.3 Å². The molecule has 1 aliphatic heterocycles. The molecule has 0 bridgehead atoms. The predicted octanol–water partition coefficient (Wildman–Crippen LogP) is 3.02. The molecular formula is C21H17NO3. The van der Waals surface area contributed by atoms with Gasteiger partial charge in [-0.15, -0.1) is 0 Å². The Labute approximate surface area is 145 Å². The summed E-state index contributed by atoms with van der Waals surface area (Å²) in [6.45, 7) is 0. The van der Waals surface area contributed by atoms with Crippen molar-refractivity contribution in [3.8, 4) is 0 Å². The van der Waals surface area contributed by atoms with E-state index in [1.54, 1.807) is 6.07 Å². The zero-order valence-corrected chi connectivity index (χ0v) is 13.6. The van der Waals surface area contributed by atoms with Crippen molar-refractivity contribution in [3.05, 3.63) is 82.9 Å². The van der Waals surface area contributed by atoms with E-state index in [0.29, 0.717) is 18.4 Å². The molecule has 25 heavy (non-hydrogen) atoms. The van der Waals surface area contributed by atoms with Gasteiger partial charge in [0, 0.05) is 24.1 Å². The number of benzene rings is 2. The summed E-state index contributed by atoms with van der Waals surface area (Å²) < 4.78 is 0. The van der Waals surface area contributed by atoms with Crippen LogP contribution in [-0.2, 0) is 22.4 Å². The first-order chi connectivity index (χ1) is 12.1. The van der Waals surface area contributed by atoms with E-state index in [2.05, 4.69) is 0 Å². The fourth-order valence-corrected chi connectivity index (χ4v) is 3.76. The van der Waals surface area contributed by atoms with E-state index in [1.807, 2.05) is 42.5 Å². The Kier molecular flexibility index (Phi) is 3.80. The standard InChI is InChI=1S/C21H17NO3/c23-18(13-14-5-2-1-3-6-14)16-8-4-7-15-9-10-17(21(15)16)22-19(24)11-12-20(22)25/h1-8,11-12,17H,9-10,13H2/t17-/m0/s1. The maximum absolute atomic E-state index is 12.9. The van der Waals surface area contributed by atoms with Crippen LogP contribution in [0.1, 0.15) is 39.5 Å². The largest absolute Gasteiger partial charge is 0.294 e. The quantitative estimate of drug-likeness (QED) is 0.639. The van der Waals surface area contributed by atoms with Crippen molar-refractivity contribution in [1.82, 2.24) is 4.90 Å². The topological polar surface area (TPSA) is 54.5 Å². The Bertz CT molecular complexity index is 881. The van der Waals surface area contributed by atoms with E-state index in [9.17, 15) is 14.4 Å². The molecule has 1 heterocycles. The number of hydrogen-bond donors (Lipinski definition) is 0. The highest BCUT2D eigenvalue weighted by Crippen LogP contribution is 2.39. The van der Waals surface area contributed by atoms with Crippen LogP contribution in [0.3, 0.4) is 0 Å². The van der Waals surface area contributed by atoms with Crippen LogP contribution in [0.2, 0.25) is 0 Å². The summed E-state index contributed by atoms with van der Waals surface area (Å²) in [6, 6.07) is 14.9. The average Bonchev–Trinajstić information content (AvgIpc) is 3.18. The van der Waals surface area contributed by atoms with E-state index in [0.717, 1.165) is 23.1 Å². The second-order valence-corrected chi connectivity index (χ2v) is 6.40. The number of rotatable bonds is 4. The minimum Gasteiger partial charge on any atom is -0.294 e. The molecular weight excluding hydrogens is 314 g/mol. The molecule has 2 amide bonds. The molecule has 124 valence electrons. The molecule has 2 aromatic carbocycles. The highest BCUT2D eigenvalue weighted by atomic mass is 16.2. The van der Waals surface area contributed by atoms with Crippen molar-refractivity contribution >= 4 is 17.6 Å². The van der Waals surface area contributed by atoms with Crippen molar-refractivity contribution in [2.75, 3.05) is 0 Å². The SMILES string of the molecule is O=C(Cc1ccccc1)c1cccc2c1[C@@H](N1C(=O)C=CC1=O)CC2. The summed E-state index contributed by atoms with van der Waals surface area (Å²) in [5.74, 6) is -0.580. The minimum absolute atomic E-state index is 0.0157. The van der Waals surface area contributed by atoms with Gasteiger partial charge in [0.05, 0.1) is 6.04 Å². The lowest BCUT2D eigenvalue weighted by molar-refractivity contribution is -0.139. The molecule has 2 aromatic rings. The number of carbonyl (C=O) groups excluding carboxylic acids is 3. The third kappa shape index (κ3) is 2.70.